The molecular formula is C15H20N2O3S. The van der Waals surface area contributed by atoms with Crippen LogP contribution < -0.4 is 4.74 Å². The first-order chi connectivity index (χ1) is 10.3. The van der Waals surface area contributed by atoms with E-state index < -0.39 is 0 Å². The highest BCUT2D eigenvalue weighted by molar-refractivity contribution is 7.99. The number of rotatable bonds is 6. The Morgan fingerprint density at radius 2 is 2.24 bits per heavy atom. The van der Waals surface area contributed by atoms with Crippen LogP contribution in [0.3, 0.4) is 0 Å². The van der Waals surface area contributed by atoms with Crippen LogP contribution in [0.2, 0.25) is 0 Å². The molecule has 21 heavy (non-hydrogen) atoms. The van der Waals surface area contributed by atoms with Crippen LogP contribution in [0.15, 0.2) is 23.4 Å². The first-order valence-electron chi connectivity index (χ1n) is 7.33. The highest BCUT2D eigenvalue weighted by atomic mass is 32.2. The Bertz CT molecular complexity index is 581. The predicted octanol–water partition coefficient (Wildman–Crippen LogP) is 3.21. The lowest BCUT2D eigenvalue weighted by Crippen LogP contribution is -2.25. The Labute approximate surface area is 128 Å². The molecule has 0 spiro atoms. The van der Waals surface area contributed by atoms with E-state index in [1.807, 2.05) is 25.1 Å². The van der Waals surface area contributed by atoms with Gasteiger partial charge in [-0.1, -0.05) is 11.8 Å². The van der Waals surface area contributed by atoms with Gasteiger partial charge in [-0.05, 0) is 25.5 Å². The SMILES string of the molecule is CCOc1ccc2nc(SCCC3OCCCO3)[nH]c2c1. The number of benzene rings is 1. The fourth-order valence-electron chi connectivity index (χ4n) is 2.25. The zero-order valence-electron chi connectivity index (χ0n) is 12.1. The molecule has 0 unspecified atom stereocenters. The fraction of sp³-hybridized carbons (Fsp3) is 0.533. The van der Waals surface area contributed by atoms with Gasteiger partial charge in [0.25, 0.3) is 0 Å². The summed E-state index contributed by atoms with van der Waals surface area (Å²) >= 11 is 1.69. The highest BCUT2D eigenvalue weighted by Crippen LogP contribution is 2.24. The van der Waals surface area contributed by atoms with Crippen molar-refractivity contribution in [1.29, 1.82) is 0 Å². The standard InChI is InChI=1S/C15H20N2O3S/c1-2-18-11-4-5-12-13(10-11)17-15(16-12)21-9-6-14-19-7-3-8-20-14/h4-5,10,14H,2-3,6-9H2,1H3,(H,16,17). The van der Waals surface area contributed by atoms with Gasteiger partial charge in [-0.2, -0.15) is 0 Å². The molecular weight excluding hydrogens is 288 g/mol. The monoisotopic (exact) mass is 308 g/mol. The fourth-order valence-corrected chi connectivity index (χ4v) is 3.09. The van der Waals surface area contributed by atoms with Crippen LogP contribution in [-0.2, 0) is 9.47 Å². The maximum atomic E-state index is 5.53. The molecule has 1 aromatic heterocycles. The third-order valence-corrected chi connectivity index (χ3v) is 4.14. The Morgan fingerprint density at radius 1 is 1.38 bits per heavy atom. The number of H-pyrrole nitrogens is 1. The van der Waals surface area contributed by atoms with E-state index in [1.165, 1.54) is 0 Å². The molecule has 6 heteroatoms. The van der Waals surface area contributed by atoms with E-state index in [0.717, 1.165) is 53.7 Å². The summed E-state index contributed by atoms with van der Waals surface area (Å²) in [4.78, 5) is 7.89. The van der Waals surface area contributed by atoms with Crippen molar-refractivity contribution in [3.8, 4) is 5.75 Å². The number of aromatic amines is 1. The van der Waals surface area contributed by atoms with E-state index in [-0.39, 0.29) is 6.29 Å². The van der Waals surface area contributed by atoms with Gasteiger partial charge < -0.3 is 19.2 Å². The van der Waals surface area contributed by atoms with Gasteiger partial charge in [-0.25, -0.2) is 4.98 Å². The predicted molar refractivity (Wildman–Crippen MR) is 82.9 cm³/mol. The number of nitrogens with zero attached hydrogens (tertiary/aromatic N) is 1. The number of thioether (sulfide) groups is 1. The van der Waals surface area contributed by atoms with Gasteiger partial charge in [0.05, 0.1) is 30.9 Å². The number of hydrogen-bond acceptors (Lipinski definition) is 5. The number of fused-ring (bicyclic) bond motifs is 1. The van der Waals surface area contributed by atoms with Gasteiger partial charge in [-0.3, -0.25) is 0 Å². The van der Waals surface area contributed by atoms with Crippen LogP contribution in [0.4, 0.5) is 0 Å². The summed E-state index contributed by atoms with van der Waals surface area (Å²) in [7, 11) is 0. The maximum Gasteiger partial charge on any atom is 0.166 e. The summed E-state index contributed by atoms with van der Waals surface area (Å²) in [6.07, 6.45) is 1.82. The van der Waals surface area contributed by atoms with Crippen molar-refractivity contribution in [3.63, 3.8) is 0 Å². The van der Waals surface area contributed by atoms with Gasteiger partial charge >= 0.3 is 0 Å². The van der Waals surface area contributed by atoms with Gasteiger partial charge in [0.15, 0.2) is 11.4 Å². The molecule has 0 bridgehead atoms. The number of ether oxygens (including phenoxy) is 3. The van der Waals surface area contributed by atoms with Crippen LogP contribution >= 0.6 is 11.8 Å². The molecule has 2 heterocycles. The van der Waals surface area contributed by atoms with Crippen molar-refractivity contribution in [1.82, 2.24) is 9.97 Å². The van der Waals surface area contributed by atoms with E-state index in [0.29, 0.717) is 6.61 Å². The van der Waals surface area contributed by atoms with Crippen LogP contribution in [0.1, 0.15) is 19.8 Å². The smallest absolute Gasteiger partial charge is 0.166 e. The molecule has 0 atom stereocenters. The minimum absolute atomic E-state index is 0.0554. The molecule has 0 aliphatic carbocycles. The molecule has 0 amide bonds. The minimum atomic E-state index is -0.0554. The second kappa shape index (κ2) is 7.15. The minimum Gasteiger partial charge on any atom is -0.494 e. The topological polar surface area (TPSA) is 56.4 Å². The Morgan fingerprint density at radius 3 is 3.05 bits per heavy atom. The average molecular weight is 308 g/mol. The molecule has 114 valence electrons. The molecule has 1 N–H and O–H groups in total. The molecule has 3 rings (SSSR count). The van der Waals surface area contributed by atoms with Crippen LogP contribution in [0.5, 0.6) is 5.75 Å². The van der Waals surface area contributed by atoms with Crippen molar-refractivity contribution < 1.29 is 14.2 Å². The number of hydrogen-bond donors (Lipinski definition) is 1. The Hall–Kier alpha value is -1.24. The van der Waals surface area contributed by atoms with Crippen molar-refractivity contribution in [2.45, 2.75) is 31.2 Å². The Kier molecular flexibility index (Phi) is 5.00. The molecule has 0 radical (unpaired) electrons. The zero-order chi connectivity index (χ0) is 14.5. The van der Waals surface area contributed by atoms with Crippen LogP contribution in [0, 0.1) is 0 Å². The second-order valence-electron chi connectivity index (χ2n) is 4.82. The first kappa shape index (κ1) is 14.7. The lowest BCUT2D eigenvalue weighted by atomic mass is 10.3. The van der Waals surface area contributed by atoms with E-state index >= 15 is 0 Å². The van der Waals surface area contributed by atoms with Crippen molar-refractivity contribution in [3.05, 3.63) is 18.2 Å². The van der Waals surface area contributed by atoms with Crippen LogP contribution in [0.25, 0.3) is 11.0 Å². The summed E-state index contributed by atoms with van der Waals surface area (Å²) in [5, 5.41) is 0.925. The number of aromatic nitrogens is 2. The van der Waals surface area contributed by atoms with Gasteiger partial charge in [0, 0.05) is 18.2 Å². The van der Waals surface area contributed by atoms with E-state index in [9.17, 15) is 0 Å². The second-order valence-corrected chi connectivity index (χ2v) is 5.90. The summed E-state index contributed by atoms with van der Waals surface area (Å²) in [5.41, 5.74) is 1.97. The van der Waals surface area contributed by atoms with Crippen molar-refractivity contribution in [2.24, 2.45) is 0 Å². The Balaban J connectivity index is 1.56. The maximum absolute atomic E-state index is 5.53. The molecule has 2 aromatic rings. The van der Waals surface area contributed by atoms with Gasteiger partial charge in [-0.15, -0.1) is 0 Å². The lowest BCUT2D eigenvalue weighted by Gasteiger charge is -2.22. The third-order valence-electron chi connectivity index (χ3n) is 3.23. The van der Waals surface area contributed by atoms with E-state index in [2.05, 4.69) is 9.97 Å². The molecule has 1 aromatic carbocycles. The molecule has 0 saturated carbocycles. The van der Waals surface area contributed by atoms with Gasteiger partial charge in [0.2, 0.25) is 0 Å². The first-order valence-corrected chi connectivity index (χ1v) is 8.32. The molecule has 1 aliphatic heterocycles. The summed E-state index contributed by atoms with van der Waals surface area (Å²) in [6, 6.07) is 5.92. The molecule has 1 saturated heterocycles. The third kappa shape index (κ3) is 3.90. The normalized spacial score (nSPS) is 16.4. The molecule has 1 aliphatic rings. The number of nitrogens with one attached hydrogen (secondary N) is 1. The zero-order valence-corrected chi connectivity index (χ0v) is 12.9. The largest absolute Gasteiger partial charge is 0.494 e. The van der Waals surface area contributed by atoms with E-state index in [4.69, 9.17) is 14.2 Å². The molecule has 5 nitrogen and oxygen atoms in total. The lowest BCUT2D eigenvalue weighted by molar-refractivity contribution is -0.178. The quantitative estimate of drug-likeness (QED) is 0.830. The van der Waals surface area contributed by atoms with Crippen LogP contribution in [-0.4, -0.2) is 41.8 Å². The highest BCUT2D eigenvalue weighted by Gasteiger charge is 2.14. The summed E-state index contributed by atoms with van der Waals surface area (Å²) in [5.74, 6) is 1.79. The average Bonchev–Trinajstić information content (AvgIpc) is 2.91. The number of imidazole rings is 1. The van der Waals surface area contributed by atoms with Crippen molar-refractivity contribution >= 4 is 22.8 Å². The van der Waals surface area contributed by atoms with Crippen molar-refractivity contribution in [2.75, 3.05) is 25.6 Å². The molecule has 1 fully saturated rings. The summed E-state index contributed by atoms with van der Waals surface area (Å²) in [6.45, 7) is 4.26. The van der Waals surface area contributed by atoms with Gasteiger partial charge in [0.1, 0.15) is 5.75 Å². The van der Waals surface area contributed by atoms with E-state index in [1.54, 1.807) is 11.8 Å². The summed E-state index contributed by atoms with van der Waals surface area (Å²) < 4.78 is 16.6.